The first-order chi connectivity index (χ1) is 6.27. The van der Waals surface area contributed by atoms with E-state index in [1.165, 1.54) is 0 Å². The quantitative estimate of drug-likeness (QED) is 0.774. The Kier molecular flexibility index (Phi) is 5.92. The zero-order valence-corrected chi connectivity index (χ0v) is 9.06. The lowest BCUT2D eigenvalue weighted by Gasteiger charge is -2.02. The number of hydrogen-bond donors (Lipinski definition) is 1. The molecule has 1 aromatic rings. The summed E-state index contributed by atoms with van der Waals surface area (Å²) in [5, 5.41) is 2.81. The molecular weight excluding hydrogens is 202 g/mol. The molecule has 0 aliphatic heterocycles. The van der Waals surface area contributed by atoms with E-state index in [0.717, 1.165) is 0 Å². The van der Waals surface area contributed by atoms with Crippen molar-refractivity contribution in [3.05, 3.63) is 29.8 Å². The number of ketones is 1. The second-order valence-corrected chi connectivity index (χ2v) is 2.69. The van der Waals surface area contributed by atoms with Crippen LogP contribution >= 0.6 is 12.4 Å². The van der Waals surface area contributed by atoms with Gasteiger partial charge in [-0.05, 0) is 19.2 Å². The predicted octanol–water partition coefficient (Wildman–Crippen LogP) is 1.52. The summed E-state index contributed by atoms with van der Waals surface area (Å²) in [5.41, 5.74) is 0.675. The molecule has 0 heterocycles. The highest BCUT2D eigenvalue weighted by molar-refractivity contribution is 5.97. The molecule has 0 spiro atoms. The van der Waals surface area contributed by atoms with Crippen molar-refractivity contribution in [3.63, 3.8) is 0 Å². The van der Waals surface area contributed by atoms with Crippen LogP contribution in [0, 0.1) is 0 Å². The Morgan fingerprint density at radius 1 is 1.50 bits per heavy atom. The van der Waals surface area contributed by atoms with Gasteiger partial charge in [-0.15, -0.1) is 12.4 Å². The minimum Gasteiger partial charge on any atom is -0.497 e. The Balaban J connectivity index is 0.00000169. The molecule has 0 aliphatic rings. The smallest absolute Gasteiger partial charge is 0.176 e. The molecule has 0 fully saturated rings. The van der Waals surface area contributed by atoms with Gasteiger partial charge in [0, 0.05) is 5.56 Å². The maximum absolute atomic E-state index is 11.4. The molecule has 0 unspecified atom stereocenters. The molecule has 78 valence electrons. The number of ether oxygens (including phenoxy) is 1. The number of methoxy groups -OCH3 is 1. The molecule has 0 atom stereocenters. The number of halogens is 1. The monoisotopic (exact) mass is 215 g/mol. The van der Waals surface area contributed by atoms with Crippen molar-refractivity contribution in [3.8, 4) is 5.75 Å². The Morgan fingerprint density at radius 2 is 2.21 bits per heavy atom. The second-order valence-electron chi connectivity index (χ2n) is 2.69. The number of Topliss-reactive ketones (excluding diaryl/α,β-unsaturated/α-hetero) is 1. The van der Waals surface area contributed by atoms with E-state index in [-0.39, 0.29) is 18.2 Å². The molecule has 0 aliphatic carbocycles. The van der Waals surface area contributed by atoms with Crippen molar-refractivity contribution in [2.45, 2.75) is 0 Å². The summed E-state index contributed by atoms with van der Waals surface area (Å²) >= 11 is 0. The molecule has 14 heavy (non-hydrogen) atoms. The Bertz CT molecular complexity index is 302. The van der Waals surface area contributed by atoms with Crippen molar-refractivity contribution in [1.29, 1.82) is 0 Å². The lowest BCUT2D eigenvalue weighted by Crippen LogP contribution is -2.18. The van der Waals surface area contributed by atoms with Crippen molar-refractivity contribution in [2.24, 2.45) is 0 Å². The zero-order valence-electron chi connectivity index (χ0n) is 8.24. The van der Waals surface area contributed by atoms with Crippen LogP contribution in [0.5, 0.6) is 5.75 Å². The van der Waals surface area contributed by atoms with Crippen LogP contribution in [-0.2, 0) is 0 Å². The first-order valence-electron chi connectivity index (χ1n) is 4.09. The molecule has 1 N–H and O–H groups in total. The van der Waals surface area contributed by atoms with Crippen LogP contribution < -0.4 is 10.1 Å². The molecule has 1 aromatic carbocycles. The van der Waals surface area contributed by atoms with E-state index in [2.05, 4.69) is 5.32 Å². The van der Waals surface area contributed by atoms with Crippen molar-refractivity contribution in [1.82, 2.24) is 5.32 Å². The average Bonchev–Trinajstić information content (AvgIpc) is 2.18. The van der Waals surface area contributed by atoms with Gasteiger partial charge in [0.25, 0.3) is 0 Å². The normalized spacial score (nSPS) is 9.00. The van der Waals surface area contributed by atoms with Gasteiger partial charge < -0.3 is 10.1 Å². The lowest BCUT2D eigenvalue weighted by atomic mass is 10.1. The highest BCUT2D eigenvalue weighted by Gasteiger charge is 2.04. The summed E-state index contributed by atoms with van der Waals surface area (Å²) in [7, 11) is 3.33. The third kappa shape index (κ3) is 3.36. The van der Waals surface area contributed by atoms with Crippen molar-refractivity contribution in [2.75, 3.05) is 20.7 Å². The highest BCUT2D eigenvalue weighted by Crippen LogP contribution is 2.12. The van der Waals surface area contributed by atoms with Crippen LogP contribution in [0.2, 0.25) is 0 Å². The van der Waals surface area contributed by atoms with Gasteiger partial charge in [-0.3, -0.25) is 4.79 Å². The number of benzene rings is 1. The molecule has 0 saturated heterocycles. The minimum absolute atomic E-state index is 0. The maximum atomic E-state index is 11.4. The van der Waals surface area contributed by atoms with Crippen LogP contribution in [0.25, 0.3) is 0 Å². The number of carbonyl (C=O) groups is 1. The summed E-state index contributed by atoms with van der Waals surface area (Å²) in [4.78, 5) is 11.4. The van der Waals surface area contributed by atoms with Crippen molar-refractivity contribution >= 4 is 18.2 Å². The fourth-order valence-electron chi connectivity index (χ4n) is 1.06. The van der Waals surface area contributed by atoms with Gasteiger partial charge in [0.1, 0.15) is 5.75 Å². The third-order valence-corrected chi connectivity index (χ3v) is 1.73. The number of carbonyl (C=O) groups excluding carboxylic acids is 1. The SMILES string of the molecule is CNCC(=O)c1cccc(OC)c1.Cl. The molecule has 0 amide bonds. The minimum atomic E-state index is 0. The second kappa shape index (κ2) is 6.40. The highest BCUT2D eigenvalue weighted by atomic mass is 35.5. The maximum Gasteiger partial charge on any atom is 0.176 e. The Hall–Kier alpha value is -1.06. The molecule has 3 nitrogen and oxygen atoms in total. The zero-order chi connectivity index (χ0) is 9.68. The van der Waals surface area contributed by atoms with Crippen molar-refractivity contribution < 1.29 is 9.53 Å². The standard InChI is InChI=1S/C10H13NO2.ClH/c1-11-7-10(12)8-4-3-5-9(6-8)13-2;/h3-6,11H,7H2,1-2H3;1H. The lowest BCUT2D eigenvalue weighted by molar-refractivity contribution is 0.0993. The first-order valence-corrected chi connectivity index (χ1v) is 4.09. The number of nitrogens with one attached hydrogen (secondary N) is 1. The molecule has 0 radical (unpaired) electrons. The first kappa shape index (κ1) is 12.9. The summed E-state index contributed by atoms with van der Waals surface area (Å²) in [5.74, 6) is 0.781. The van der Waals surface area contributed by atoms with Crippen LogP contribution in [0.15, 0.2) is 24.3 Å². The third-order valence-electron chi connectivity index (χ3n) is 1.73. The summed E-state index contributed by atoms with van der Waals surface area (Å²) in [6, 6.07) is 7.14. The van der Waals surface area contributed by atoms with E-state index in [1.807, 2.05) is 12.1 Å². The van der Waals surface area contributed by atoms with Gasteiger partial charge >= 0.3 is 0 Å². The molecule has 0 saturated carbocycles. The van der Waals surface area contributed by atoms with Gasteiger partial charge in [-0.25, -0.2) is 0 Å². The van der Waals surface area contributed by atoms with Crippen LogP contribution in [-0.4, -0.2) is 26.5 Å². The van der Waals surface area contributed by atoms with E-state index in [9.17, 15) is 4.79 Å². The van der Waals surface area contributed by atoms with Gasteiger partial charge in [-0.1, -0.05) is 12.1 Å². The fraction of sp³-hybridized carbons (Fsp3) is 0.300. The van der Waals surface area contributed by atoms with Crippen LogP contribution in [0.1, 0.15) is 10.4 Å². The van der Waals surface area contributed by atoms with E-state index in [4.69, 9.17) is 4.74 Å². The van der Waals surface area contributed by atoms with Crippen LogP contribution in [0.4, 0.5) is 0 Å². The molecule has 4 heteroatoms. The topological polar surface area (TPSA) is 38.3 Å². The average molecular weight is 216 g/mol. The largest absolute Gasteiger partial charge is 0.497 e. The summed E-state index contributed by atoms with van der Waals surface area (Å²) < 4.78 is 5.01. The Labute approximate surface area is 89.9 Å². The van der Waals surface area contributed by atoms with E-state index >= 15 is 0 Å². The molecule has 0 bridgehead atoms. The number of rotatable bonds is 4. The molecule has 1 rings (SSSR count). The van der Waals surface area contributed by atoms with Gasteiger partial charge in [0.15, 0.2) is 5.78 Å². The predicted molar refractivity (Wildman–Crippen MR) is 58.5 cm³/mol. The van der Waals surface area contributed by atoms with Gasteiger partial charge in [-0.2, -0.15) is 0 Å². The molecular formula is C10H14ClNO2. The van der Waals surface area contributed by atoms with Gasteiger partial charge in [0.05, 0.1) is 13.7 Å². The van der Waals surface area contributed by atoms with E-state index < -0.39 is 0 Å². The van der Waals surface area contributed by atoms with Gasteiger partial charge in [0.2, 0.25) is 0 Å². The summed E-state index contributed by atoms with van der Waals surface area (Å²) in [6.07, 6.45) is 0. The number of hydrogen-bond acceptors (Lipinski definition) is 3. The Morgan fingerprint density at radius 3 is 2.79 bits per heavy atom. The molecule has 0 aromatic heterocycles. The number of likely N-dealkylation sites (N-methyl/N-ethyl adjacent to an activating group) is 1. The van der Waals surface area contributed by atoms with Crippen LogP contribution in [0.3, 0.4) is 0 Å². The fourth-order valence-corrected chi connectivity index (χ4v) is 1.06. The van der Waals surface area contributed by atoms with E-state index in [1.54, 1.807) is 26.3 Å². The van der Waals surface area contributed by atoms with E-state index in [0.29, 0.717) is 17.9 Å². The summed E-state index contributed by atoms with van der Waals surface area (Å²) in [6.45, 7) is 0.354.